The quantitative estimate of drug-likeness (QED) is 0.621. The summed E-state index contributed by atoms with van der Waals surface area (Å²) in [5.41, 5.74) is 2.25. The van der Waals surface area contributed by atoms with E-state index in [2.05, 4.69) is 22.4 Å². The SMILES string of the molecule is CC(Oc1ccccc1)C(=O)N1CCN(Cc2csc(-c3ccccc3)n2)CC1. The highest BCUT2D eigenvalue weighted by Gasteiger charge is 2.26. The molecular formula is C23H25N3O2S. The largest absolute Gasteiger partial charge is 0.481 e. The number of aromatic nitrogens is 1. The van der Waals surface area contributed by atoms with Gasteiger partial charge in [0.15, 0.2) is 6.10 Å². The van der Waals surface area contributed by atoms with E-state index in [1.54, 1.807) is 11.3 Å². The molecule has 0 N–H and O–H groups in total. The van der Waals surface area contributed by atoms with Crippen LogP contribution in [0.5, 0.6) is 5.75 Å². The minimum Gasteiger partial charge on any atom is -0.481 e. The van der Waals surface area contributed by atoms with Crippen molar-refractivity contribution in [3.8, 4) is 16.3 Å². The molecule has 2 heterocycles. The Labute approximate surface area is 175 Å². The fourth-order valence-corrected chi connectivity index (χ4v) is 4.28. The highest BCUT2D eigenvalue weighted by molar-refractivity contribution is 7.13. The summed E-state index contributed by atoms with van der Waals surface area (Å²) in [5, 5.41) is 3.19. The van der Waals surface area contributed by atoms with Gasteiger partial charge in [-0.2, -0.15) is 0 Å². The number of para-hydroxylation sites is 1. The van der Waals surface area contributed by atoms with E-state index in [4.69, 9.17) is 9.72 Å². The molecule has 0 saturated carbocycles. The zero-order valence-electron chi connectivity index (χ0n) is 16.5. The van der Waals surface area contributed by atoms with Crippen molar-refractivity contribution in [3.05, 3.63) is 71.7 Å². The van der Waals surface area contributed by atoms with Crippen LogP contribution in [0.1, 0.15) is 12.6 Å². The Hall–Kier alpha value is -2.70. The maximum Gasteiger partial charge on any atom is 0.263 e. The minimum atomic E-state index is -0.476. The summed E-state index contributed by atoms with van der Waals surface area (Å²) in [7, 11) is 0. The van der Waals surface area contributed by atoms with Gasteiger partial charge in [0, 0.05) is 43.7 Å². The van der Waals surface area contributed by atoms with Crippen molar-refractivity contribution in [2.24, 2.45) is 0 Å². The topological polar surface area (TPSA) is 45.7 Å². The third-order valence-corrected chi connectivity index (χ3v) is 5.99. The van der Waals surface area contributed by atoms with Crippen LogP contribution in [0.2, 0.25) is 0 Å². The van der Waals surface area contributed by atoms with Crippen molar-refractivity contribution >= 4 is 17.2 Å². The fraction of sp³-hybridized carbons (Fsp3) is 0.304. The third-order valence-electron chi connectivity index (χ3n) is 5.05. The Bertz CT molecular complexity index is 922. The number of benzene rings is 2. The summed E-state index contributed by atoms with van der Waals surface area (Å²) in [5.74, 6) is 0.776. The van der Waals surface area contributed by atoms with Crippen LogP contribution in [0.4, 0.5) is 0 Å². The lowest BCUT2D eigenvalue weighted by molar-refractivity contribution is -0.139. The van der Waals surface area contributed by atoms with E-state index in [9.17, 15) is 4.79 Å². The van der Waals surface area contributed by atoms with Gasteiger partial charge in [-0.15, -0.1) is 11.3 Å². The lowest BCUT2D eigenvalue weighted by Gasteiger charge is -2.35. The Morgan fingerprint density at radius 1 is 1.03 bits per heavy atom. The van der Waals surface area contributed by atoms with Gasteiger partial charge in [-0.1, -0.05) is 48.5 Å². The normalized spacial score (nSPS) is 15.8. The molecule has 2 aromatic carbocycles. The molecule has 0 radical (unpaired) electrons. The lowest BCUT2D eigenvalue weighted by Crippen LogP contribution is -2.51. The number of carbonyl (C=O) groups is 1. The van der Waals surface area contributed by atoms with Crippen LogP contribution in [-0.4, -0.2) is 53.0 Å². The van der Waals surface area contributed by atoms with Crippen LogP contribution >= 0.6 is 11.3 Å². The molecule has 1 saturated heterocycles. The van der Waals surface area contributed by atoms with Gasteiger partial charge in [0.1, 0.15) is 10.8 Å². The van der Waals surface area contributed by atoms with Crippen LogP contribution < -0.4 is 4.74 Å². The smallest absolute Gasteiger partial charge is 0.263 e. The number of piperazine rings is 1. The molecule has 150 valence electrons. The molecule has 5 nitrogen and oxygen atoms in total. The maximum atomic E-state index is 12.7. The first kappa shape index (κ1) is 19.6. The number of hydrogen-bond acceptors (Lipinski definition) is 5. The van der Waals surface area contributed by atoms with Crippen molar-refractivity contribution < 1.29 is 9.53 Å². The molecule has 1 aliphatic rings. The predicted molar refractivity (Wildman–Crippen MR) is 116 cm³/mol. The van der Waals surface area contributed by atoms with Gasteiger partial charge in [-0.3, -0.25) is 9.69 Å². The average Bonchev–Trinajstić information content (AvgIpc) is 3.23. The number of amides is 1. The van der Waals surface area contributed by atoms with Gasteiger partial charge in [0.25, 0.3) is 5.91 Å². The number of nitrogens with zero attached hydrogens (tertiary/aromatic N) is 3. The Balaban J connectivity index is 1.27. The summed E-state index contributed by atoms with van der Waals surface area (Å²) in [6, 6.07) is 19.8. The van der Waals surface area contributed by atoms with Crippen LogP contribution in [0, 0.1) is 0 Å². The molecule has 6 heteroatoms. The van der Waals surface area contributed by atoms with Crippen molar-refractivity contribution in [1.82, 2.24) is 14.8 Å². The van der Waals surface area contributed by atoms with E-state index < -0.39 is 6.10 Å². The van der Waals surface area contributed by atoms with Gasteiger partial charge < -0.3 is 9.64 Å². The second kappa shape index (κ2) is 9.20. The fourth-order valence-electron chi connectivity index (χ4n) is 3.46. The van der Waals surface area contributed by atoms with Crippen LogP contribution in [-0.2, 0) is 11.3 Å². The molecule has 1 aliphatic heterocycles. The highest BCUT2D eigenvalue weighted by atomic mass is 32.1. The Morgan fingerprint density at radius 2 is 1.69 bits per heavy atom. The summed E-state index contributed by atoms with van der Waals surface area (Å²) >= 11 is 1.68. The lowest BCUT2D eigenvalue weighted by atomic mass is 10.2. The molecule has 3 aromatic rings. The second-order valence-corrected chi connectivity index (χ2v) is 8.04. The number of carbonyl (C=O) groups excluding carboxylic acids is 1. The predicted octanol–water partition coefficient (Wildman–Crippen LogP) is 3.92. The zero-order chi connectivity index (χ0) is 20.1. The molecule has 4 rings (SSSR count). The van der Waals surface area contributed by atoms with Crippen LogP contribution in [0.3, 0.4) is 0 Å². The van der Waals surface area contributed by atoms with E-state index in [0.717, 1.165) is 54.7 Å². The molecule has 0 bridgehead atoms. The summed E-state index contributed by atoms with van der Waals surface area (Å²) in [6.07, 6.45) is -0.476. The van der Waals surface area contributed by atoms with Crippen molar-refractivity contribution in [2.45, 2.75) is 19.6 Å². The summed E-state index contributed by atoms with van der Waals surface area (Å²) in [4.78, 5) is 21.7. The standard InChI is InChI=1S/C23H25N3O2S/c1-18(28-21-10-6-3-7-11-21)23(27)26-14-12-25(13-15-26)16-20-17-29-22(24-20)19-8-4-2-5-9-19/h2-11,17-18H,12-16H2,1H3. The second-order valence-electron chi connectivity index (χ2n) is 7.18. The number of hydrogen-bond donors (Lipinski definition) is 0. The minimum absolute atomic E-state index is 0.0496. The molecule has 0 spiro atoms. The molecule has 1 aromatic heterocycles. The first-order valence-corrected chi connectivity index (χ1v) is 10.8. The Kier molecular flexibility index (Phi) is 6.22. The zero-order valence-corrected chi connectivity index (χ0v) is 17.3. The number of thiazole rings is 1. The average molecular weight is 408 g/mol. The first-order valence-electron chi connectivity index (χ1n) is 9.92. The molecule has 1 unspecified atom stereocenters. The maximum absolute atomic E-state index is 12.7. The molecule has 1 amide bonds. The van der Waals surface area contributed by atoms with Gasteiger partial charge in [-0.25, -0.2) is 4.98 Å². The number of ether oxygens (including phenoxy) is 1. The molecule has 29 heavy (non-hydrogen) atoms. The van der Waals surface area contributed by atoms with E-state index in [1.807, 2.05) is 60.4 Å². The van der Waals surface area contributed by atoms with Gasteiger partial charge in [-0.05, 0) is 19.1 Å². The van der Waals surface area contributed by atoms with Crippen LogP contribution in [0.15, 0.2) is 66.0 Å². The van der Waals surface area contributed by atoms with E-state index >= 15 is 0 Å². The Morgan fingerprint density at radius 3 is 2.38 bits per heavy atom. The molecule has 1 fully saturated rings. The van der Waals surface area contributed by atoms with E-state index in [-0.39, 0.29) is 5.91 Å². The third kappa shape index (κ3) is 5.02. The van der Waals surface area contributed by atoms with Crippen LogP contribution in [0.25, 0.3) is 10.6 Å². The molecule has 0 aliphatic carbocycles. The number of rotatable bonds is 6. The molecule has 1 atom stereocenters. The molecular weight excluding hydrogens is 382 g/mol. The van der Waals surface area contributed by atoms with Gasteiger partial charge in [0.2, 0.25) is 0 Å². The monoisotopic (exact) mass is 407 g/mol. The van der Waals surface area contributed by atoms with Crippen molar-refractivity contribution in [2.75, 3.05) is 26.2 Å². The van der Waals surface area contributed by atoms with E-state index in [1.165, 1.54) is 0 Å². The summed E-state index contributed by atoms with van der Waals surface area (Å²) in [6.45, 7) is 5.78. The van der Waals surface area contributed by atoms with Crippen molar-refractivity contribution in [1.29, 1.82) is 0 Å². The highest BCUT2D eigenvalue weighted by Crippen LogP contribution is 2.24. The van der Waals surface area contributed by atoms with Gasteiger partial charge in [0.05, 0.1) is 5.69 Å². The van der Waals surface area contributed by atoms with Gasteiger partial charge >= 0.3 is 0 Å². The first-order chi connectivity index (χ1) is 14.2. The van der Waals surface area contributed by atoms with Crippen molar-refractivity contribution in [3.63, 3.8) is 0 Å². The van der Waals surface area contributed by atoms with E-state index in [0.29, 0.717) is 0 Å². The summed E-state index contributed by atoms with van der Waals surface area (Å²) < 4.78 is 5.78.